The molecule has 0 saturated heterocycles. The van der Waals surface area contributed by atoms with Crippen molar-refractivity contribution in [3.8, 4) is 0 Å². The van der Waals surface area contributed by atoms with Crippen molar-refractivity contribution in [3.63, 3.8) is 0 Å². The van der Waals surface area contributed by atoms with Crippen molar-refractivity contribution in [1.29, 1.82) is 0 Å². The Hall–Kier alpha value is -0.900. The molecule has 78 valence electrons. The molecule has 1 rings (SSSR count). The zero-order valence-corrected chi connectivity index (χ0v) is 8.32. The molecule has 0 radical (unpaired) electrons. The molecule has 0 aliphatic carbocycles. The molecule has 0 aromatic heterocycles. The van der Waals surface area contributed by atoms with E-state index in [-0.39, 0.29) is 12.6 Å². The maximum atomic E-state index is 9.19. The first-order valence-electron chi connectivity index (χ1n) is 4.97. The van der Waals surface area contributed by atoms with Crippen LogP contribution in [0.3, 0.4) is 0 Å². The molecule has 3 nitrogen and oxygen atoms in total. The molecule has 0 fully saturated rings. The summed E-state index contributed by atoms with van der Waals surface area (Å²) in [5.74, 6) is 0. The summed E-state index contributed by atoms with van der Waals surface area (Å²) >= 11 is 0. The molecule has 1 atom stereocenters. The van der Waals surface area contributed by atoms with E-state index in [1.54, 1.807) is 0 Å². The minimum atomic E-state index is 0.0303. The van der Waals surface area contributed by atoms with Crippen LogP contribution < -0.4 is 11.1 Å². The number of nitrogens with one attached hydrogen (secondary N) is 1. The van der Waals surface area contributed by atoms with Gasteiger partial charge in [-0.15, -0.1) is 0 Å². The van der Waals surface area contributed by atoms with Crippen LogP contribution >= 0.6 is 0 Å². The molecular formula is C11H18N2O. The maximum Gasteiger partial charge on any atom is 0.0626 e. The van der Waals surface area contributed by atoms with E-state index in [0.717, 1.165) is 18.5 Å². The summed E-state index contributed by atoms with van der Waals surface area (Å²) < 4.78 is 0. The Morgan fingerprint density at radius 3 is 2.57 bits per heavy atom. The lowest BCUT2D eigenvalue weighted by atomic mass is 10.1. The minimum Gasteiger partial charge on any atom is -0.394 e. The zero-order chi connectivity index (χ0) is 10.2. The van der Waals surface area contributed by atoms with Crippen LogP contribution in [-0.2, 0) is 0 Å². The van der Waals surface area contributed by atoms with Crippen LogP contribution in [0.25, 0.3) is 0 Å². The fourth-order valence-corrected chi connectivity index (χ4v) is 1.35. The van der Waals surface area contributed by atoms with Crippen LogP contribution in [0.2, 0.25) is 0 Å². The van der Waals surface area contributed by atoms with Crippen molar-refractivity contribution < 1.29 is 5.11 Å². The molecule has 0 aliphatic rings. The van der Waals surface area contributed by atoms with Gasteiger partial charge in [0.15, 0.2) is 0 Å². The van der Waals surface area contributed by atoms with E-state index in [9.17, 15) is 5.11 Å². The second-order valence-corrected chi connectivity index (χ2v) is 3.24. The first-order chi connectivity index (χ1) is 6.88. The predicted octanol–water partition coefficient (Wildman–Crippen LogP) is 0.658. The van der Waals surface area contributed by atoms with Crippen LogP contribution in [0.1, 0.15) is 18.0 Å². The van der Waals surface area contributed by atoms with Gasteiger partial charge in [-0.05, 0) is 25.1 Å². The summed E-state index contributed by atoms with van der Waals surface area (Å²) in [4.78, 5) is 0. The van der Waals surface area contributed by atoms with E-state index in [1.807, 2.05) is 30.3 Å². The van der Waals surface area contributed by atoms with Gasteiger partial charge < -0.3 is 16.2 Å². The van der Waals surface area contributed by atoms with Crippen molar-refractivity contribution in [2.24, 2.45) is 5.73 Å². The highest BCUT2D eigenvalue weighted by atomic mass is 16.3. The summed E-state index contributed by atoms with van der Waals surface area (Å²) in [5.41, 5.74) is 6.51. The largest absolute Gasteiger partial charge is 0.394 e. The van der Waals surface area contributed by atoms with Gasteiger partial charge in [0.25, 0.3) is 0 Å². The number of aliphatic hydroxyl groups is 1. The Bertz CT molecular complexity index is 238. The number of aliphatic hydroxyl groups excluding tert-OH is 1. The van der Waals surface area contributed by atoms with Gasteiger partial charge in [0.05, 0.1) is 12.6 Å². The van der Waals surface area contributed by atoms with Gasteiger partial charge in [-0.25, -0.2) is 0 Å². The summed E-state index contributed by atoms with van der Waals surface area (Å²) in [7, 11) is 0. The minimum absolute atomic E-state index is 0.0303. The monoisotopic (exact) mass is 194 g/mol. The first kappa shape index (κ1) is 11.2. The zero-order valence-electron chi connectivity index (χ0n) is 8.32. The van der Waals surface area contributed by atoms with Crippen LogP contribution in [0.4, 0.5) is 0 Å². The predicted molar refractivity (Wildman–Crippen MR) is 57.9 cm³/mol. The molecule has 0 unspecified atom stereocenters. The van der Waals surface area contributed by atoms with Gasteiger partial charge in [-0.2, -0.15) is 0 Å². The molecular weight excluding hydrogens is 176 g/mol. The van der Waals surface area contributed by atoms with Crippen molar-refractivity contribution >= 4 is 0 Å². The summed E-state index contributed by atoms with van der Waals surface area (Å²) in [5, 5.41) is 12.4. The maximum absolute atomic E-state index is 9.19. The van der Waals surface area contributed by atoms with Crippen LogP contribution in [0, 0.1) is 0 Å². The van der Waals surface area contributed by atoms with E-state index >= 15 is 0 Å². The van der Waals surface area contributed by atoms with E-state index in [1.165, 1.54) is 0 Å². The first-order valence-corrected chi connectivity index (χ1v) is 4.97. The van der Waals surface area contributed by atoms with Gasteiger partial charge in [-0.3, -0.25) is 0 Å². The Balaban J connectivity index is 2.46. The van der Waals surface area contributed by atoms with E-state index < -0.39 is 0 Å². The Morgan fingerprint density at radius 1 is 1.29 bits per heavy atom. The highest BCUT2D eigenvalue weighted by Crippen LogP contribution is 2.10. The van der Waals surface area contributed by atoms with Gasteiger partial charge in [0, 0.05) is 0 Å². The highest BCUT2D eigenvalue weighted by molar-refractivity contribution is 5.18. The third-order valence-electron chi connectivity index (χ3n) is 2.16. The quantitative estimate of drug-likeness (QED) is 0.583. The molecule has 1 aromatic carbocycles. The smallest absolute Gasteiger partial charge is 0.0626 e. The summed E-state index contributed by atoms with van der Waals surface area (Å²) in [6, 6.07) is 9.97. The summed E-state index contributed by atoms with van der Waals surface area (Å²) in [6.07, 6.45) is 0.934. The van der Waals surface area contributed by atoms with Crippen LogP contribution in [0.15, 0.2) is 30.3 Å². The normalized spacial score (nSPS) is 12.7. The van der Waals surface area contributed by atoms with Gasteiger partial charge in [0.2, 0.25) is 0 Å². The number of hydrogen-bond donors (Lipinski definition) is 3. The SMILES string of the molecule is NCCCN[C@@H](CO)c1ccccc1. The van der Waals surface area contributed by atoms with Crippen molar-refractivity contribution in [3.05, 3.63) is 35.9 Å². The third-order valence-corrected chi connectivity index (χ3v) is 2.16. The second-order valence-electron chi connectivity index (χ2n) is 3.24. The molecule has 4 N–H and O–H groups in total. The van der Waals surface area contributed by atoms with Gasteiger partial charge in [-0.1, -0.05) is 30.3 Å². The Labute approximate surface area is 84.9 Å². The molecule has 0 amide bonds. The lowest BCUT2D eigenvalue weighted by Gasteiger charge is -2.16. The lowest BCUT2D eigenvalue weighted by molar-refractivity contribution is 0.244. The third kappa shape index (κ3) is 3.46. The lowest BCUT2D eigenvalue weighted by Crippen LogP contribution is -2.26. The van der Waals surface area contributed by atoms with E-state index in [2.05, 4.69) is 5.32 Å². The van der Waals surface area contributed by atoms with Crippen LogP contribution in [-0.4, -0.2) is 24.8 Å². The van der Waals surface area contributed by atoms with E-state index in [4.69, 9.17) is 5.73 Å². The number of hydrogen-bond acceptors (Lipinski definition) is 3. The fraction of sp³-hybridized carbons (Fsp3) is 0.455. The van der Waals surface area contributed by atoms with Crippen LogP contribution in [0.5, 0.6) is 0 Å². The number of rotatable bonds is 6. The average Bonchev–Trinajstić information content (AvgIpc) is 2.26. The van der Waals surface area contributed by atoms with Gasteiger partial charge in [0.1, 0.15) is 0 Å². The van der Waals surface area contributed by atoms with Crippen molar-refractivity contribution in [2.45, 2.75) is 12.5 Å². The Kier molecular flexibility index (Phi) is 5.22. The molecule has 1 aromatic rings. The molecule has 0 heterocycles. The second kappa shape index (κ2) is 6.54. The van der Waals surface area contributed by atoms with E-state index in [0.29, 0.717) is 6.54 Å². The molecule has 0 saturated carbocycles. The topological polar surface area (TPSA) is 58.3 Å². The summed E-state index contributed by atoms with van der Waals surface area (Å²) in [6.45, 7) is 1.64. The van der Waals surface area contributed by atoms with Crippen molar-refractivity contribution in [1.82, 2.24) is 5.32 Å². The number of nitrogens with two attached hydrogens (primary N) is 1. The molecule has 3 heteroatoms. The molecule has 0 aliphatic heterocycles. The van der Waals surface area contributed by atoms with Gasteiger partial charge >= 0.3 is 0 Å². The molecule has 0 bridgehead atoms. The number of benzene rings is 1. The fourth-order valence-electron chi connectivity index (χ4n) is 1.35. The molecule has 14 heavy (non-hydrogen) atoms. The average molecular weight is 194 g/mol. The standard InChI is InChI=1S/C11H18N2O/c12-7-4-8-13-11(9-14)10-5-2-1-3-6-10/h1-3,5-6,11,13-14H,4,7-9,12H2/t11-/m0/s1. The van der Waals surface area contributed by atoms with Crippen molar-refractivity contribution in [2.75, 3.05) is 19.7 Å². The Morgan fingerprint density at radius 2 is 2.00 bits per heavy atom. The molecule has 0 spiro atoms. The highest BCUT2D eigenvalue weighted by Gasteiger charge is 2.07.